The Morgan fingerprint density at radius 2 is 1.90 bits per heavy atom. The molecule has 0 unspecified atom stereocenters. The van der Waals surface area contributed by atoms with Crippen LogP contribution in [0.15, 0.2) is 59.0 Å². The molecule has 4 aromatic rings. The molecule has 12 heteroatoms. The Hall–Kier alpha value is -4.06. The summed E-state index contributed by atoms with van der Waals surface area (Å²) in [4.78, 5) is 30.6. The highest BCUT2D eigenvalue weighted by atomic mass is 35.5. The number of oxazole rings is 1. The summed E-state index contributed by atoms with van der Waals surface area (Å²) in [6, 6.07) is 15.4. The predicted octanol–water partition coefficient (Wildman–Crippen LogP) is 6.14. The van der Waals surface area contributed by atoms with Crippen LogP contribution in [-0.4, -0.2) is 47.2 Å². The van der Waals surface area contributed by atoms with E-state index in [0.717, 1.165) is 11.1 Å². The van der Waals surface area contributed by atoms with E-state index in [4.69, 9.17) is 33.0 Å². The van der Waals surface area contributed by atoms with Gasteiger partial charge in [0.05, 0.1) is 28.8 Å². The van der Waals surface area contributed by atoms with E-state index >= 15 is 0 Å². The summed E-state index contributed by atoms with van der Waals surface area (Å²) in [5, 5.41) is 17.6. The largest absolute Gasteiger partial charge is 0.436 e. The highest BCUT2D eigenvalue weighted by Crippen LogP contribution is 2.32. The maximum absolute atomic E-state index is 12.9. The van der Waals surface area contributed by atoms with E-state index in [0.29, 0.717) is 65.7 Å². The summed E-state index contributed by atoms with van der Waals surface area (Å²) >= 11 is 11.7. The fourth-order valence-electron chi connectivity index (χ4n) is 4.39. The van der Waals surface area contributed by atoms with Crippen LogP contribution in [0.2, 0.25) is 5.02 Å². The number of nitrogens with one attached hydrogen (secondary N) is 2. The van der Waals surface area contributed by atoms with Crippen LogP contribution < -0.4 is 15.5 Å². The molecule has 0 spiro atoms. The first kappa shape index (κ1) is 27.5. The molecule has 5 rings (SSSR count). The van der Waals surface area contributed by atoms with E-state index in [9.17, 15) is 14.9 Å². The molecular weight excluding hydrogens is 554 g/mol. The Morgan fingerprint density at radius 1 is 1.12 bits per heavy atom. The molecule has 40 heavy (non-hydrogen) atoms. The minimum Gasteiger partial charge on any atom is -0.436 e. The van der Waals surface area contributed by atoms with E-state index in [2.05, 4.69) is 29.5 Å². The van der Waals surface area contributed by atoms with Gasteiger partial charge in [-0.2, -0.15) is 0 Å². The van der Waals surface area contributed by atoms with Crippen LogP contribution in [-0.2, 0) is 4.74 Å². The van der Waals surface area contributed by atoms with Gasteiger partial charge in [0, 0.05) is 30.3 Å². The fraction of sp³-hybridized carbons (Fsp3) is 0.250. The topological polar surface area (TPSA) is 123 Å². The second-order valence-corrected chi connectivity index (χ2v) is 10.4. The molecule has 0 saturated carbocycles. The van der Waals surface area contributed by atoms with Crippen molar-refractivity contribution in [3.05, 3.63) is 80.9 Å². The van der Waals surface area contributed by atoms with E-state index in [-0.39, 0.29) is 16.4 Å². The zero-order valence-corrected chi connectivity index (χ0v) is 23.3. The number of hydrogen-bond acceptors (Lipinski definition) is 8. The molecule has 3 aromatic carbocycles. The van der Waals surface area contributed by atoms with Gasteiger partial charge >= 0.3 is 0 Å². The van der Waals surface area contributed by atoms with E-state index in [1.807, 2.05) is 23.1 Å². The average molecular weight is 580 g/mol. The molecule has 0 bridgehead atoms. The van der Waals surface area contributed by atoms with Gasteiger partial charge in [0.1, 0.15) is 11.2 Å². The van der Waals surface area contributed by atoms with Gasteiger partial charge in [-0.25, -0.2) is 4.98 Å². The molecule has 2 N–H and O–H groups in total. The zero-order valence-electron chi connectivity index (χ0n) is 21.8. The zero-order chi connectivity index (χ0) is 28.4. The van der Waals surface area contributed by atoms with E-state index in [1.165, 1.54) is 12.1 Å². The third-order valence-electron chi connectivity index (χ3n) is 6.55. The van der Waals surface area contributed by atoms with E-state index < -0.39 is 10.8 Å². The molecule has 1 aliphatic rings. The Bertz CT molecular complexity index is 1620. The normalized spacial score (nSPS) is 13.4. The molecule has 1 aromatic heterocycles. The van der Waals surface area contributed by atoms with Crippen molar-refractivity contribution >= 4 is 63.0 Å². The minimum atomic E-state index is -0.596. The summed E-state index contributed by atoms with van der Waals surface area (Å²) in [5.41, 5.74) is 4.05. The van der Waals surface area contributed by atoms with Crippen molar-refractivity contribution in [1.82, 2.24) is 10.3 Å². The Labute approximate surface area is 240 Å². The lowest BCUT2D eigenvalue weighted by Gasteiger charge is -2.28. The van der Waals surface area contributed by atoms with Crippen LogP contribution in [0.5, 0.6) is 0 Å². The van der Waals surface area contributed by atoms with E-state index in [1.54, 1.807) is 24.3 Å². The number of thiocarbonyl (C=S) groups is 1. The molecule has 1 fully saturated rings. The number of fused-ring (bicyclic) bond motifs is 1. The number of carbonyl (C=O) groups excluding carboxylic acids is 1. The summed E-state index contributed by atoms with van der Waals surface area (Å²) in [6.45, 7) is 6.25. The number of aromatic nitrogens is 1. The highest BCUT2D eigenvalue weighted by Gasteiger charge is 2.24. The fourth-order valence-corrected chi connectivity index (χ4v) is 4.76. The van der Waals surface area contributed by atoms with Crippen LogP contribution >= 0.6 is 23.8 Å². The van der Waals surface area contributed by atoms with Crippen molar-refractivity contribution in [3.8, 4) is 11.5 Å². The summed E-state index contributed by atoms with van der Waals surface area (Å²) in [7, 11) is 0. The van der Waals surface area contributed by atoms with Crippen LogP contribution in [0.4, 0.5) is 17.1 Å². The number of ether oxygens (including phenoxy) is 1. The number of hydrogen-bond donors (Lipinski definition) is 2. The predicted molar refractivity (Wildman–Crippen MR) is 158 cm³/mol. The number of anilines is 2. The number of nitrogens with zero attached hydrogens (tertiary/aromatic N) is 3. The van der Waals surface area contributed by atoms with Crippen LogP contribution in [0.25, 0.3) is 22.6 Å². The molecule has 1 aliphatic heterocycles. The number of amides is 1. The van der Waals surface area contributed by atoms with Crippen molar-refractivity contribution in [1.29, 1.82) is 0 Å². The Kier molecular flexibility index (Phi) is 7.97. The maximum atomic E-state index is 12.9. The van der Waals surface area contributed by atoms with Crippen molar-refractivity contribution in [3.63, 3.8) is 0 Å². The quantitative estimate of drug-likeness (QED) is 0.157. The second-order valence-electron chi connectivity index (χ2n) is 9.56. The highest BCUT2D eigenvalue weighted by molar-refractivity contribution is 7.80. The SMILES string of the molecule is CC(C)c1ccc2oc(-c3ccc(Cl)c(NC(=S)NC(=O)c4ccc(N5CCOCC5)c([N+](=O)[O-])c4)c3)nc2c1. The van der Waals surface area contributed by atoms with Crippen molar-refractivity contribution in [2.75, 3.05) is 36.5 Å². The first-order chi connectivity index (χ1) is 19.2. The monoisotopic (exact) mass is 579 g/mol. The van der Waals surface area contributed by atoms with Crippen molar-refractivity contribution in [2.24, 2.45) is 0 Å². The number of rotatable bonds is 6. The molecule has 0 atom stereocenters. The summed E-state index contributed by atoms with van der Waals surface area (Å²) < 4.78 is 11.3. The Balaban J connectivity index is 1.31. The lowest BCUT2D eigenvalue weighted by Crippen LogP contribution is -2.37. The molecule has 1 amide bonds. The first-order valence-corrected chi connectivity index (χ1v) is 13.4. The molecule has 10 nitrogen and oxygen atoms in total. The number of halogens is 1. The van der Waals surface area contributed by atoms with Crippen LogP contribution in [0.3, 0.4) is 0 Å². The molecule has 206 valence electrons. The minimum absolute atomic E-state index is 0.0249. The molecule has 2 heterocycles. The summed E-state index contributed by atoms with van der Waals surface area (Å²) in [5.74, 6) is 0.181. The number of nitro benzene ring substituents is 1. The third-order valence-corrected chi connectivity index (χ3v) is 7.09. The van der Waals surface area contributed by atoms with Gasteiger partial charge in [0.15, 0.2) is 10.7 Å². The van der Waals surface area contributed by atoms with Crippen LogP contribution in [0.1, 0.15) is 35.7 Å². The van der Waals surface area contributed by atoms with Gasteiger partial charge in [0.25, 0.3) is 11.6 Å². The average Bonchev–Trinajstić information content (AvgIpc) is 3.38. The van der Waals surface area contributed by atoms with Crippen molar-refractivity contribution in [2.45, 2.75) is 19.8 Å². The third kappa shape index (κ3) is 5.91. The molecule has 0 aliphatic carbocycles. The van der Waals surface area contributed by atoms with Gasteiger partial charge in [-0.05, 0) is 66.2 Å². The number of benzene rings is 3. The Morgan fingerprint density at radius 3 is 2.62 bits per heavy atom. The first-order valence-electron chi connectivity index (χ1n) is 12.6. The number of nitro groups is 1. The van der Waals surface area contributed by atoms with Gasteiger partial charge in [-0.3, -0.25) is 20.2 Å². The smallest absolute Gasteiger partial charge is 0.293 e. The van der Waals surface area contributed by atoms with Crippen molar-refractivity contribution < 1.29 is 18.9 Å². The van der Waals surface area contributed by atoms with Gasteiger partial charge < -0.3 is 19.4 Å². The van der Waals surface area contributed by atoms with Crippen LogP contribution in [0, 0.1) is 10.1 Å². The number of morpholine rings is 1. The van der Waals surface area contributed by atoms with Gasteiger partial charge in [-0.15, -0.1) is 0 Å². The molecule has 1 saturated heterocycles. The standard InChI is InChI=1S/C28H26ClN5O5S/c1-16(2)17-5-8-25-22(13-17)30-27(39-25)19-3-6-20(29)21(14-19)31-28(40)32-26(35)18-4-7-23(24(15-18)34(36)37)33-9-11-38-12-10-33/h3-8,13-16H,9-12H2,1-2H3,(H2,31,32,35,40). The van der Waals surface area contributed by atoms with Gasteiger partial charge in [-0.1, -0.05) is 31.5 Å². The maximum Gasteiger partial charge on any atom is 0.293 e. The van der Waals surface area contributed by atoms with Gasteiger partial charge in [0.2, 0.25) is 5.89 Å². The number of carbonyl (C=O) groups is 1. The lowest BCUT2D eigenvalue weighted by atomic mass is 10.0. The summed E-state index contributed by atoms with van der Waals surface area (Å²) in [6.07, 6.45) is 0. The molecular formula is C28H26ClN5O5S. The molecule has 0 radical (unpaired) electrons. The lowest BCUT2D eigenvalue weighted by molar-refractivity contribution is -0.384. The second kappa shape index (κ2) is 11.6.